The van der Waals surface area contributed by atoms with Gasteiger partial charge in [0.2, 0.25) is 0 Å². The van der Waals surface area contributed by atoms with Gasteiger partial charge in [0.05, 0.1) is 15.3 Å². The zero-order valence-electron chi connectivity index (χ0n) is 15.8. The zero-order valence-corrected chi connectivity index (χ0v) is 18.2. The van der Waals surface area contributed by atoms with Crippen molar-refractivity contribution in [3.8, 4) is 0 Å². The Morgan fingerprint density at radius 1 is 1.24 bits per heavy atom. The molecule has 7 nitrogen and oxygen atoms in total. The van der Waals surface area contributed by atoms with E-state index >= 15 is 0 Å². The number of fused-ring (bicyclic) bond motifs is 4. The smallest absolute Gasteiger partial charge is 0.264 e. The van der Waals surface area contributed by atoms with Crippen LogP contribution < -0.4 is 5.32 Å². The molecule has 150 valence electrons. The highest BCUT2D eigenvalue weighted by Gasteiger charge is 2.44. The van der Waals surface area contributed by atoms with Gasteiger partial charge in [-0.2, -0.15) is 5.10 Å². The van der Waals surface area contributed by atoms with Crippen LogP contribution in [0.25, 0.3) is 10.2 Å². The van der Waals surface area contributed by atoms with Gasteiger partial charge in [-0.15, -0.1) is 21.5 Å². The minimum atomic E-state index is 0.168. The molecular weight excluding hydrogens is 452 g/mol. The largest absolute Gasteiger partial charge is 0.365 e. The van der Waals surface area contributed by atoms with Gasteiger partial charge in [-0.3, -0.25) is 9.48 Å². The maximum Gasteiger partial charge on any atom is 0.264 e. The van der Waals surface area contributed by atoms with Gasteiger partial charge >= 0.3 is 0 Å². The highest BCUT2D eigenvalue weighted by molar-refractivity contribution is 9.10. The van der Waals surface area contributed by atoms with Gasteiger partial charge in [0.25, 0.3) is 5.91 Å². The van der Waals surface area contributed by atoms with Crippen LogP contribution in [0.2, 0.25) is 0 Å². The lowest BCUT2D eigenvalue weighted by Crippen LogP contribution is -2.33. The SMILES string of the molecule is O=C(c1cc2nn3c(c2s1)CCC3)N1C[C@@H]2CC[C@@H](Nc3ccc(Br)nn3)[C@@H]2C1. The number of halogens is 1. The third kappa shape index (κ3) is 2.97. The number of thiophene rings is 1. The van der Waals surface area contributed by atoms with E-state index in [4.69, 9.17) is 0 Å². The van der Waals surface area contributed by atoms with Gasteiger partial charge in [0.1, 0.15) is 15.9 Å². The van der Waals surface area contributed by atoms with E-state index in [0.29, 0.717) is 17.9 Å². The van der Waals surface area contributed by atoms with Gasteiger partial charge < -0.3 is 10.2 Å². The number of hydrogen-bond donors (Lipinski definition) is 1. The number of carbonyl (C=O) groups is 1. The van der Waals surface area contributed by atoms with Crippen LogP contribution in [-0.4, -0.2) is 49.9 Å². The first-order valence-corrected chi connectivity index (χ1v) is 11.8. The number of anilines is 1. The number of nitrogens with zero attached hydrogens (tertiary/aromatic N) is 5. The summed E-state index contributed by atoms with van der Waals surface area (Å²) in [6, 6.07) is 6.19. The Hall–Kier alpha value is -2.00. The molecule has 3 aromatic rings. The van der Waals surface area contributed by atoms with Gasteiger partial charge in [-0.05, 0) is 65.7 Å². The molecule has 0 radical (unpaired) electrons. The molecule has 1 N–H and O–H groups in total. The van der Waals surface area contributed by atoms with Gasteiger partial charge in [-0.25, -0.2) is 0 Å². The molecule has 1 saturated carbocycles. The lowest BCUT2D eigenvalue weighted by Gasteiger charge is -2.21. The third-order valence-corrected chi connectivity index (χ3v) is 8.20. The average Bonchev–Trinajstić information content (AvgIpc) is 3.48. The summed E-state index contributed by atoms with van der Waals surface area (Å²) in [5.74, 6) is 2.01. The number of carbonyl (C=O) groups excluding carboxylic acids is 1. The van der Waals surface area contributed by atoms with Crippen LogP contribution in [0, 0.1) is 11.8 Å². The van der Waals surface area contributed by atoms with Crippen LogP contribution in [-0.2, 0) is 13.0 Å². The quantitative estimate of drug-likeness (QED) is 0.630. The number of nitrogens with one attached hydrogen (secondary N) is 1. The molecule has 0 aromatic carbocycles. The second kappa shape index (κ2) is 6.77. The Morgan fingerprint density at radius 2 is 2.17 bits per heavy atom. The molecule has 3 aromatic heterocycles. The minimum absolute atomic E-state index is 0.168. The van der Waals surface area contributed by atoms with E-state index in [1.165, 1.54) is 10.4 Å². The zero-order chi connectivity index (χ0) is 19.5. The van der Waals surface area contributed by atoms with E-state index in [-0.39, 0.29) is 5.91 Å². The standard InChI is InChI=1S/C20H21BrN6OS/c21-17-5-6-18(24-23-17)22-13-4-3-11-9-26(10-12(11)13)20(28)16-8-14-19(29-16)15-2-1-7-27(15)25-14/h5-6,8,11-13H,1-4,7,9-10H2,(H,22,24)/t11-,12+,13+/m0/s1. The summed E-state index contributed by atoms with van der Waals surface area (Å²) < 4.78 is 4.05. The van der Waals surface area contributed by atoms with Crippen molar-refractivity contribution < 1.29 is 4.79 Å². The second-order valence-electron chi connectivity index (χ2n) is 8.30. The predicted molar refractivity (Wildman–Crippen MR) is 115 cm³/mol. The normalized spacial score (nSPS) is 25.6. The van der Waals surface area contributed by atoms with E-state index in [9.17, 15) is 4.79 Å². The summed E-state index contributed by atoms with van der Waals surface area (Å²) in [5, 5.41) is 16.5. The molecule has 1 aliphatic carbocycles. The van der Waals surface area contributed by atoms with E-state index < -0.39 is 0 Å². The number of likely N-dealkylation sites (tertiary alicyclic amines) is 1. The van der Waals surface area contributed by atoms with E-state index in [1.807, 2.05) is 18.2 Å². The molecule has 29 heavy (non-hydrogen) atoms. The van der Waals surface area contributed by atoms with Crippen molar-refractivity contribution in [3.63, 3.8) is 0 Å². The molecule has 0 spiro atoms. The number of amides is 1. The molecule has 0 bridgehead atoms. The van der Waals surface area contributed by atoms with Crippen LogP contribution in [0.4, 0.5) is 5.82 Å². The number of rotatable bonds is 3. The van der Waals surface area contributed by atoms with Crippen molar-refractivity contribution in [2.24, 2.45) is 11.8 Å². The first-order chi connectivity index (χ1) is 14.2. The van der Waals surface area contributed by atoms with Crippen molar-refractivity contribution in [2.45, 2.75) is 38.3 Å². The lowest BCUT2D eigenvalue weighted by molar-refractivity contribution is 0.0785. The fourth-order valence-electron chi connectivity index (χ4n) is 5.25. The van der Waals surface area contributed by atoms with Crippen molar-refractivity contribution in [1.29, 1.82) is 0 Å². The fraction of sp³-hybridized carbons (Fsp3) is 0.500. The summed E-state index contributed by atoms with van der Waals surface area (Å²) in [6.07, 6.45) is 4.51. The number of aryl methyl sites for hydroxylation is 2. The van der Waals surface area contributed by atoms with Crippen LogP contribution in [0.3, 0.4) is 0 Å². The van der Waals surface area contributed by atoms with Crippen LogP contribution >= 0.6 is 27.3 Å². The highest BCUT2D eigenvalue weighted by atomic mass is 79.9. The molecule has 2 fully saturated rings. The topological polar surface area (TPSA) is 75.9 Å². The van der Waals surface area contributed by atoms with Crippen LogP contribution in [0.1, 0.15) is 34.6 Å². The molecule has 0 unspecified atom stereocenters. The van der Waals surface area contributed by atoms with E-state index in [0.717, 1.165) is 66.1 Å². The summed E-state index contributed by atoms with van der Waals surface area (Å²) in [4.78, 5) is 16.1. The molecule has 2 aliphatic heterocycles. The Bertz CT molecular complexity index is 1090. The minimum Gasteiger partial charge on any atom is -0.365 e. The van der Waals surface area contributed by atoms with E-state index in [2.05, 4.69) is 46.1 Å². The predicted octanol–water partition coefficient (Wildman–Crippen LogP) is 3.56. The molecule has 5 heterocycles. The first kappa shape index (κ1) is 17.8. The summed E-state index contributed by atoms with van der Waals surface area (Å²) in [5.41, 5.74) is 2.29. The van der Waals surface area contributed by atoms with Gasteiger partial charge in [0, 0.05) is 31.6 Å². The van der Waals surface area contributed by atoms with Crippen LogP contribution in [0.15, 0.2) is 22.8 Å². The average molecular weight is 473 g/mol. The van der Waals surface area contributed by atoms with Crippen molar-refractivity contribution in [2.75, 3.05) is 18.4 Å². The van der Waals surface area contributed by atoms with Gasteiger partial charge in [-0.1, -0.05) is 0 Å². The maximum atomic E-state index is 13.2. The molecule has 1 amide bonds. The summed E-state index contributed by atoms with van der Waals surface area (Å²) in [6.45, 7) is 2.68. The number of aromatic nitrogens is 4. The fourth-order valence-corrected chi connectivity index (χ4v) is 6.60. The van der Waals surface area contributed by atoms with Gasteiger partial charge in [0.15, 0.2) is 0 Å². The maximum absolute atomic E-state index is 13.2. The molecule has 9 heteroatoms. The third-order valence-electron chi connectivity index (χ3n) is 6.62. The molecular formula is C20H21BrN6OS. The number of hydrogen-bond acceptors (Lipinski definition) is 6. The molecule has 1 saturated heterocycles. The summed E-state index contributed by atoms with van der Waals surface area (Å²) >= 11 is 4.95. The molecule has 6 rings (SSSR count). The summed E-state index contributed by atoms with van der Waals surface area (Å²) in [7, 11) is 0. The second-order valence-corrected chi connectivity index (χ2v) is 10.2. The van der Waals surface area contributed by atoms with Crippen molar-refractivity contribution in [3.05, 3.63) is 33.4 Å². The van der Waals surface area contributed by atoms with E-state index in [1.54, 1.807) is 11.3 Å². The Morgan fingerprint density at radius 3 is 3.03 bits per heavy atom. The van der Waals surface area contributed by atoms with Crippen LogP contribution in [0.5, 0.6) is 0 Å². The monoisotopic (exact) mass is 472 g/mol. The van der Waals surface area contributed by atoms with Crippen molar-refractivity contribution >= 4 is 49.2 Å². The molecule has 3 atom stereocenters. The first-order valence-electron chi connectivity index (χ1n) is 10.2. The Balaban J connectivity index is 1.18. The lowest BCUT2D eigenvalue weighted by atomic mass is 9.98. The highest BCUT2D eigenvalue weighted by Crippen LogP contribution is 2.41. The van der Waals surface area contributed by atoms with Crippen molar-refractivity contribution in [1.82, 2.24) is 24.9 Å². The Kier molecular flexibility index (Phi) is 4.16. The molecule has 3 aliphatic rings. The Labute approximate surface area is 180 Å².